The molecule has 0 bridgehead atoms. The molecule has 3 rings (SSSR count). The Bertz CT molecular complexity index is 746. The van der Waals surface area contributed by atoms with Crippen LogP contribution in [-0.4, -0.2) is 15.7 Å². The van der Waals surface area contributed by atoms with Crippen LogP contribution >= 0.6 is 11.6 Å². The number of aromatic nitrogens is 2. The molecular formula is C13H9ClN2O. The Hall–Kier alpha value is -1.87. The monoisotopic (exact) mass is 244 g/mol. The van der Waals surface area contributed by atoms with E-state index in [-0.39, 0.29) is 0 Å². The summed E-state index contributed by atoms with van der Waals surface area (Å²) in [4.78, 5) is 15.5. The van der Waals surface area contributed by atoms with Crippen LogP contribution in [0.15, 0.2) is 30.3 Å². The Morgan fingerprint density at radius 2 is 2.12 bits per heavy atom. The maximum Gasteiger partial charge on any atom is 0.168 e. The van der Waals surface area contributed by atoms with Crippen LogP contribution in [0.4, 0.5) is 0 Å². The number of nitrogens with zero attached hydrogens (tertiary/aromatic N) is 2. The van der Waals surface area contributed by atoms with Gasteiger partial charge in [-0.3, -0.25) is 9.20 Å². The van der Waals surface area contributed by atoms with Gasteiger partial charge in [-0.2, -0.15) is 0 Å². The minimum atomic E-state index is 0.591. The molecule has 2 heterocycles. The van der Waals surface area contributed by atoms with Crippen LogP contribution in [0.25, 0.3) is 16.6 Å². The van der Waals surface area contributed by atoms with Crippen molar-refractivity contribution in [2.45, 2.75) is 6.92 Å². The van der Waals surface area contributed by atoms with Gasteiger partial charge in [-0.15, -0.1) is 0 Å². The average Bonchev–Trinajstić information content (AvgIpc) is 2.64. The summed E-state index contributed by atoms with van der Waals surface area (Å²) in [5, 5.41) is 1.67. The van der Waals surface area contributed by atoms with Gasteiger partial charge in [0, 0.05) is 10.4 Å². The Labute approximate surface area is 103 Å². The summed E-state index contributed by atoms with van der Waals surface area (Å²) >= 11 is 5.95. The van der Waals surface area contributed by atoms with Gasteiger partial charge in [-0.05, 0) is 37.3 Å². The molecule has 0 aliphatic carbocycles. The predicted octanol–water partition coefficient (Wildman–Crippen LogP) is 3.26. The molecule has 0 unspecified atom stereocenters. The number of hydrogen-bond acceptors (Lipinski definition) is 2. The van der Waals surface area contributed by atoms with E-state index >= 15 is 0 Å². The SMILES string of the molecule is Cc1nc2ccc3cc(Cl)ccc3n2c1C=O. The molecule has 2 aromatic heterocycles. The number of imidazole rings is 1. The summed E-state index contributed by atoms with van der Waals surface area (Å²) < 4.78 is 1.86. The summed E-state index contributed by atoms with van der Waals surface area (Å²) in [5.41, 5.74) is 3.05. The first kappa shape index (κ1) is 10.3. The van der Waals surface area contributed by atoms with E-state index in [1.807, 2.05) is 41.7 Å². The van der Waals surface area contributed by atoms with Crippen molar-refractivity contribution in [2.75, 3.05) is 0 Å². The largest absolute Gasteiger partial charge is 0.296 e. The number of carbonyl (C=O) groups excluding carboxylic acids is 1. The van der Waals surface area contributed by atoms with Crippen LogP contribution in [0, 0.1) is 6.92 Å². The number of aldehydes is 1. The maximum absolute atomic E-state index is 11.1. The van der Waals surface area contributed by atoms with Crippen LogP contribution in [-0.2, 0) is 0 Å². The number of aryl methyl sites for hydroxylation is 1. The lowest BCUT2D eigenvalue weighted by Crippen LogP contribution is -1.94. The third kappa shape index (κ3) is 1.43. The highest BCUT2D eigenvalue weighted by atomic mass is 35.5. The molecule has 3 aromatic rings. The van der Waals surface area contributed by atoms with Gasteiger partial charge in [0.05, 0.1) is 11.2 Å². The van der Waals surface area contributed by atoms with E-state index in [0.717, 1.165) is 28.5 Å². The highest BCUT2D eigenvalue weighted by molar-refractivity contribution is 6.31. The molecule has 0 amide bonds. The number of hydrogen-bond donors (Lipinski definition) is 0. The van der Waals surface area contributed by atoms with Crippen LogP contribution in [0.3, 0.4) is 0 Å². The fourth-order valence-corrected chi connectivity index (χ4v) is 2.27. The normalized spacial score (nSPS) is 11.2. The zero-order valence-corrected chi connectivity index (χ0v) is 9.90. The van der Waals surface area contributed by atoms with Crippen molar-refractivity contribution in [3.05, 3.63) is 46.7 Å². The maximum atomic E-state index is 11.1. The van der Waals surface area contributed by atoms with Crippen molar-refractivity contribution < 1.29 is 4.79 Å². The van der Waals surface area contributed by atoms with E-state index in [2.05, 4.69) is 4.98 Å². The van der Waals surface area contributed by atoms with Crippen molar-refractivity contribution >= 4 is 34.4 Å². The van der Waals surface area contributed by atoms with Crippen molar-refractivity contribution in [2.24, 2.45) is 0 Å². The van der Waals surface area contributed by atoms with Gasteiger partial charge in [0.15, 0.2) is 6.29 Å². The van der Waals surface area contributed by atoms with Crippen LogP contribution in [0.2, 0.25) is 5.02 Å². The van der Waals surface area contributed by atoms with Crippen LogP contribution in [0.5, 0.6) is 0 Å². The first-order valence-electron chi connectivity index (χ1n) is 5.23. The third-order valence-corrected chi connectivity index (χ3v) is 3.11. The molecule has 1 aromatic carbocycles. The van der Waals surface area contributed by atoms with Crippen LogP contribution < -0.4 is 0 Å². The lowest BCUT2D eigenvalue weighted by atomic mass is 10.2. The fraction of sp³-hybridized carbons (Fsp3) is 0.0769. The number of fused-ring (bicyclic) bond motifs is 3. The van der Waals surface area contributed by atoms with Crippen molar-refractivity contribution in [1.29, 1.82) is 0 Å². The molecule has 0 aliphatic heterocycles. The summed E-state index contributed by atoms with van der Waals surface area (Å²) in [6.45, 7) is 1.83. The standard InChI is InChI=1S/C13H9ClN2O/c1-8-12(7-17)16-11-4-3-10(14)6-9(11)2-5-13(16)15-8/h2-7H,1H3. The molecule has 0 saturated heterocycles. The lowest BCUT2D eigenvalue weighted by Gasteiger charge is -2.03. The summed E-state index contributed by atoms with van der Waals surface area (Å²) in [5.74, 6) is 0. The third-order valence-electron chi connectivity index (χ3n) is 2.88. The van der Waals surface area contributed by atoms with Gasteiger partial charge in [-0.25, -0.2) is 4.98 Å². The minimum absolute atomic E-state index is 0.591. The molecule has 0 spiro atoms. The predicted molar refractivity (Wildman–Crippen MR) is 67.8 cm³/mol. The van der Waals surface area contributed by atoms with Gasteiger partial charge in [0.25, 0.3) is 0 Å². The summed E-state index contributed by atoms with van der Waals surface area (Å²) in [6, 6.07) is 9.43. The van der Waals surface area contributed by atoms with E-state index in [1.165, 1.54) is 0 Å². The molecule has 84 valence electrons. The molecule has 0 radical (unpaired) electrons. The summed E-state index contributed by atoms with van der Waals surface area (Å²) in [6.07, 6.45) is 0.837. The van der Waals surface area contributed by atoms with E-state index in [4.69, 9.17) is 11.6 Å². The average molecular weight is 245 g/mol. The van der Waals surface area contributed by atoms with Gasteiger partial charge in [0.2, 0.25) is 0 Å². The molecule has 4 heteroatoms. The number of benzene rings is 1. The smallest absolute Gasteiger partial charge is 0.168 e. The molecule has 17 heavy (non-hydrogen) atoms. The topological polar surface area (TPSA) is 34.4 Å². The molecular weight excluding hydrogens is 236 g/mol. The van der Waals surface area contributed by atoms with E-state index in [1.54, 1.807) is 0 Å². The fourth-order valence-electron chi connectivity index (χ4n) is 2.09. The molecule has 0 atom stereocenters. The van der Waals surface area contributed by atoms with E-state index in [9.17, 15) is 4.79 Å². The second kappa shape index (κ2) is 3.57. The Morgan fingerprint density at radius 3 is 2.88 bits per heavy atom. The molecule has 0 aliphatic rings. The second-order valence-electron chi connectivity index (χ2n) is 3.93. The summed E-state index contributed by atoms with van der Waals surface area (Å²) in [7, 11) is 0. The quantitative estimate of drug-likeness (QED) is 0.616. The number of carbonyl (C=O) groups is 1. The van der Waals surface area contributed by atoms with Crippen molar-refractivity contribution in [1.82, 2.24) is 9.38 Å². The molecule has 0 N–H and O–H groups in total. The minimum Gasteiger partial charge on any atom is -0.296 e. The zero-order valence-electron chi connectivity index (χ0n) is 9.14. The zero-order chi connectivity index (χ0) is 12.0. The first-order valence-corrected chi connectivity index (χ1v) is 5.61. The second-order valence-corrected chi connectivity index (χ2v) is 4.37. The van der Waals surface area contributed by atoms with Gasteiger partial charge >= 0.3 is 0 Å². The number of halogens is 1. The first-order chi connectivity index (χ1) is 8.20. The van der Waals surface area contributed by atoms with E-state index in [0.29, 0.717) is 10.7 Å². The number of pyridine rings is 1. The number of rotatable bonds is 1. The molecule has 0 fully saturated rings. The van der Waals surface area contributed by atoms with E-state index < -0.39 is 0 Å². The Morgan fingerprint density at radius 1 is 1.29 bits per heavy atom. The van der Waals surface area contributed by atoms with Crippen molar-refractivity contribution in [3.63, 3.8) is 0 Å². The van der Waals surface area contributed by atoms with Gasteiger partial charge < -0.3 is 0 Å². The highest BCUT2D eigenvalue weighted by Gasteiger charge is 2.10. The Kier molecular flexibility index (Phi) is 2.16. The lowest BCUT2D eigenvalue weighted by molar-refractivity contribution is 0.111. The Balaban J connectivity index is 2.57. The van der Waals surface area contributed by atoms with Gasteiger partial charge in [-0.1, -0.05) is 11.6 Å². The highest BCUT2D eigenvalue weighted by Crippen LogP contribution is 2.23. The molecule has 0 saturated carbocycles. The molecule has 3 nitrogen and oxygen atoms in total. The van der Waals surface area contributed by atoms with Crippen LogP contribution in [0.1, 0.15) is 16.2 Å². The van der Waals surface area contributed by atoms with Crippen molar-refractivity contribution in [3.8, 4) is 0 Å². The van der Waals surface area contributed by atoms with Gasteiger partial charge in [0.1, 0.15) is 11.3 Å².